The van der Waals surface area contributed by atoms with E-state index in [1.54, 1.807) is 36.4 Å². The van der Waals surface area contributed by atoms with Gasteiger partial charge in [-0.3, -0.25) is 9.59 Å². The minimum Gasteiger partial charge on any atom is -0.350 e. The minimum absolute atomic E-state index is 0.230. The predicted octanol–water partition coefficient (Wildman–Crippen LogP) is 6.60. The van der Waals surface area contributed by atoms with Crippen LogP contribution >= 0.6 is 35.0 Å². The molecule has 0 bridgehead atoms. The van der Waals surface area contributed by atoms with Gasteiger partial charge in [-0.1, -0.05) is 47.1 Å². The molecule has 3 aromatic rings. The molecule has 0 aromatic heterocycles. The summed E-state index contributed by atoms with van der Waals surface area (Å²) in [5.41, 5.74) is 3.62. The SMILES string of the molecule is Cc1ccc(NC2=C(Sc3ccc(Cl)cc3)C(=O)N(c3cccc(Cl)c3)C2=O)cc1C. The van der Waals surface area contributed by atoms with Crippen LogP contribution in [0.5, 0.6) is 0 Å². The normalized spacial score (nSPS) is 13.9. The number of rotatable bonds is 5. The van der Waals surface area contributed by atoms with Crippen molar-refractivity contribution in [3.05, 3.63) is 98.5 Å². The lowest BCUT2D eigenvalue weighted by molar-refractivity contribution is -0.120. The van der Waals surface area contributed by atoms with Crippen LogP contribution in [0.2, 0.25) is 10.0 Å². The fourth-order valence-corrected chi connectivity index (χ4v) is 4.39. The number of nitrogens with one attached hydrogen (secondary N) is 1. The summed E-state index contributed by atoms with van der Waals surface area (Å²) in [6.45, 7) is 4.02. The zero-order valence-electron chi connectivity index (χ0n) is 16.8. The Balaban J connectivity index is 1.75. The van der Waals surface area contributed by atoms with Crippen LogP contribution in [0.4, 0.5) is 11.4 Å². The monoisotopic (exact) mass is 468 g/mol. The van der Waals surface area contributed by atoms with E-state index in [0.29, 0.717) is 20.6 Å². The Bertz CT molecular complexity index is 1220. The van der Waals surface area contributed by atoms with E-state index in [9.17, 15) is 9.59 Å². The van der Waals surface area contributed by atoms with Crippen molar-refractivity contribution in [3.63, 3.8) is 0 Å². The van der Waals surface area contributed by atoms with Gasteiger partial charge in [-0.25, -0.2) is 4.90 Å². The number of carbonyl (C=O) groups excluding carboxylic acids is 2. The highest BCUT2D eigenvalue weighted by molar-refractivity contribution is 8.04. The summed E-state index contributed by atoms with van der Waals surface area (Å²) >= 11 is 13.3. The number of hydrogen-bond donors (Lipinski definition) is 1. The predicted molar refractivity (Wildman–Crippen MR) is 128 cm³/mol. The van der Waals surface area contributed by atoms with Gasteiger partial charge in [0.05, 0.1) is 5.69 Å². The highest BCUT2D eigenvalue weighted by atomic mass is 35.5. The van der Waals surface area contributed by atoms with E-state index >= 15 is 0 Å². The second-order valence-electron chi connectivity index (χ2n) is 7.11. The Hall–Kier alpha value is -2.73. The van der Waals surface area contributed by atoms with Crippen LogP contribution < -0.4 is 10.2 Å². The van der Waals surface area contributed by atoms with Crippen molar-refractivity contribution in [2.75, 3.05) is 10.2 Å². The Morgan fingerprint density at radius 1 is 0.806 bits per heavy atom. The van der Waals surface area contributed by atoms with E-state index in [-0.39, 0.29) is 5.70 Å². The molecule has 0 radical (unpaired) electrons. The van der Waals surface area contributed by atoms with Gasteiger partial charge in [0.1, 0.15) is 10.6 Å². The summed E-state index contributed by atoms with van der Waals surface area (Å²) in [6.07, 6.45) is 0. The lowest BCUT2D eigenvalue weighted by Gasteiger charge is -2.15. The molecule has 0 saturated heterocycles. The number of benzene rings is 3. The van der Waals surface area contributed by atoms with Crippen molar-refractivity contribution in [3.8, 4) is 0 Å². The van der Waals surface area contributed by atoms with Crippen molar-refractivity contribution < 1.29 is 9.59 Å². The molecule has 0 spiro atoms. The summed E-state index contributed by atoms with van der Waals surface area (Å²) in [5.74, 6) is -0.833. The third kappa shape index (κ3) is 4.49. The molecule has 0 fully saturated rings. The first-order valence-corrected chi connectivity index (χ1v) is 11.1. The van der Waals surface area contributed by atoms with Crippen LogP contribution in [0.3, 0.4) is 0 Å². The molecule has 0 atom stereocenters. The highest BCUT2D eigenvalue weighted by Gasteiger charge is 2.40. The molecule has 0 aliphatic carbocycles. The van der Waals surface area contributed by atoms with Crippen molar-refractivity contribution in [1.29, 1.82) is 0 Å². The van der Waals surface area contributed by atoms with Crippen LogP contribution in [0, 0.1) is 13.8 Å². The molecule has 1 heterocycles. The Kier molecular flexibility index (Phi) is 6.10. The Labute approximate surface area is 194 Å². The quantitative estimate of drug-likeness (QED) is 0.428. The van der Waals surface area contributed by atoms with E-state index in [1.807, 2.05) is 44.2 Å². The largest absolute Gasteiger partial charge is 0.350 e. The number of amides is 2. The molecule has 0 unspecified atom stereocenters. The van der Waals surface area contributed by atoms with Crippen molar-refractivity contribution >= 4 is 58.2 Å². The molecule has 7 heteroatoms. The lowest BCUT2D eigenvalue weighted by Crippen LogP contribution is -2.32. The number of halogens is 2. The smallest absolute Gasteiger partial charge is 0.283 e. The van der Waals surface area contributed by atoms with Gasteiger partial charge in [0.15, 0.2) is 0 Å². The van der Waals surface area contributed by atoms with Gasteiger partial charge < -0.3 is 5.32 Å². The maximum atomic E-state index is 13.3. The number of nitrogens with zero attached hydrogens (tertiary/aromatic N) is 1. The van der Waals surface area contributed by atoms with Crippen LogP contribution in [0.25, 0.3) is 0 Å². The average molecular weight is 469 g/mol. The maximum Gasteiger partial charge on any atom is 0.283 e. The van der Waals surface area contributed by atoms with Crippen LogP contribution in [-0.2, 0) is 9.59 Å². The molecule has 4 nitrogen and oxygen atoms in total. The Morgan fingerprint density at radius 2 is 1.55 bits per heavy atom. The van der Waals surface area contributed by atoms with Crippen LogP contribution in [0.1, 0.15) is 11.1 Å². The Morgan fingerprint density at radius 3 is 2.23 bits per heavy atom. The lowest BCUT2D eigenvalue weighted by atomic mass is 10.1. The summed E-state index contributed by atoms with van der Waals surface area (Å²) in [6, 6.07) is 19.6. The second kappa shape index (κ2) is 8.79. The van der Waals surface area contributed by atoms with E-state index in [4.69, 9.17) is 23.2 Å². The molecule has 1 aliphatic heterocycles. The summed E-state index contributed by atoms with van der Waals surface area (Å²) in [7, 11) is 0. The van der Waals surface area contributed by atoms with Crippen molar-refractivity contribution in [2.24, 2.45) is 0 Å². The zero-order valence-corrected chi connectivity index (χ0v) is 19.1. The number of carbonyl (C=O) groups is 2. The van der Waals surface area contributed by atoms with Crippen LogP contribution in [-0.4, -0.2) is 11.8 Å². The zero-order chi connectivity index (χ0) is 22.1. The maximum absolute atomic E-state index is 13.3. The summed E-state index contributed by atoms with van der Waals surface area (Å²) in [5, 5.41) is 4.22. The number of anilines is 2. The second-order valence-corrected chi connectivity index (χ2v) is 9.07. The molecule has 4 rings (SSSR count). The summed E-state index contributed by atoms with van der Waals surface area (Å²) in [4.78, 5) is 28.9. The first kappa shape index (κ1) is 21.5. The van der Waals surface area contributed by atoms with Gasteiger partial charge in [-0.15, -0.1) is 0 Å². The molecule has 0 saturated carbocycles. The van der Waals surface area contributed by atoms with Gasteiger partial charge in [-0.2, -0.15) is 0 Å². The third-order valence-corrected chi connectivity index (χ3v) is 6.50. The van der Waals surface area contributed by atoms with E-state index in [0.717, 1.165) is 26.6 Å². The van der Waals surface area contributed by atoms with E-state index in [2.05, 4.69) is 5.32 Å². The standard InChI is InChI=1S/C24H18Cl2N2O2S/c1-14-6-9-18(12-15(14)2)27-21-22(31-20-10-7-16(25)8-11-20)24(30)28(23(21)29)19-5-3-4-17(26)13-19/h3-13,27H,1-2H3. The van der Waals surface area contributed by atoms with Crippen LogP contribution in [0.15, 0.2) is 82.2 Å². The molecular formula is C24H18Cl2N2O2S. The third-order valence-electron chi connectivity index (χ3n) is 4.92. The summed E-state index contributed by atoms with van der Waals surface area (Å²) < 4.78 is 0. The van der Waals surface area contributed by atoms with E-state index < -0.39 is 11.8 Å². The number of hydrogen-bond acceptors (Lipinski definition) is 4. The molecule has 3 aromatic carbocycles. The van der Waals surface area contributed by atoms with Gasteiger partial charge in [0.25, 0.3) is 11.8 Å². The van der Waals surface area contributed by atoms with Gasteiger partial charge >= 0.3 is 0 Å². The average Bonchev–Trinajstić information content (AvgIpc) is 2.96. The first-order valence-electron chi connectivity index (χ1n) is 9.50. The fourth-order valence-electron chi connectivity index (χ4n) is 3.15. The number of aryl methyl sites for hydroxylation is 2. The molecular weight excluding hydrogens is 451 g/mol. The number of thioether (sulfide) groups is 1. The molecule has 31 heavy (non-hydrogen) atoms. The van der Waals surface area contributed by atoms with Crippen molar-refractivity contribution in [1.82, 2.24) is 0 Å². The number of imide groups is 1. The van der Waals surface area contributed by atoms with Crippen molar-refractivity contribution in [2.45, 2.75) is 18.7 Å². The minimum atomic E-state index is -0.429. The van der Waals surface area contributed by atoms with Gasteiger partial charge in [0.2, 0.25) is 0 Å². The van der Waals surface area contributed by atoms with Gasteiger partial charge in [0, 0.05) is 20.6 Å². The first-order chi connectivity index (χ1) is 14.8. The van der Waals surface area contributed by atoms with Gasteiger partial charge in [-0.05, 0) is 79.6 Å². The highest BCUT2D eigenvalue weighted by Crippen LogP contribution is 2.38. The fraction of sp³-hybridized carbons (Fsp3) is 0.0833. The molecule has 156 valence electrons. The topological polar surface area (TPSA) is 49.4 Å². The molecule has 1 aliphatic rings. The van der Waals surface area contributed by atoms with E-state index in [1.165, 1.54) is 11.8 Å². The molecule has 2 amide bonds. The molecule has 1 N–H and O–H groups in total.